The van der Waals surface area contributed by atoms with E-state index in [1.807, 2.05) is 33.7 Å². The third-order valence-electron chi connectivity index (χ3n) is 4.84. The number of amides is 1. The van der Waals surface area contributed by atoms with Crippen molar-refractivity contribution < 1.29 is 17.8 Å². The molecule has 0 spiro atoms. The van der Waals surface area contributed by atoms with Crippen LogP contribution in [0.3, 0.4) is 0 Å². The van der Waals surface area contributed by atoms with E-state index in [9.17, 15) is 17.8 Å². The summed E-state index contributed by atoms with van der Waals surface area (Å²) in [6, 6.07) is 17.1. The van der Waals surface area contributed by atoms with Gasteiger partial charge in [0.05, 0.1) is 23.0 Å². The number of carbonyl (C=O) groups excluding carboxylic acids is 1. The van der Waals surface area contributed by atoms with Gasteiger partial charge in [0.2, 0.25) is 5.91 Å². The lowest BCUT2D eigenvalue weighted by atomic mass is 10.0. The summed E-state index contributed by atoms with van der Waals surface area (Å²) in [5, 5.41) is 8.42. The van der Waals surface area contributed by atoms with E-state index in [1.54, 1.807) is 41.7 Å². The Bertz CT molecular complexity index is 1370. The van der Waals surface area contributed by atoms with E-state index >= 15 is 0 Å². The Labute approximate surface area is 216 Å². The number of rotatable bonds is 9. The van der Waals surface area contributed by atoms with Gasteiger partial charge in [0.15, 0.2) is 10.3 Å². The monoisotopic (exact) mass is 550 g/mol. The van der Waals surface area contributed by atoms with E-state index in [1.165, 1.54) is 23.5 Å². The van der Waals surface area contributed by atoms with E-state index in [0.29, 0.717) is 11.4 Å². The van der Waals surface area contributed by atoms with Gasteiger partial charge in [-0.25, -0.2) is 13.4 Å². The van der Waals surface area contributed by atoms with Crippen LogP contribution in [0.15, 0.2) is 71.4 Å². The molecule has 0 aliphatic rings. The predicted octanol–water partition coefficient (Wildman–Crippen LogP) is 5.42. The van der Waals surface area contributed by atoms with Gasteiger partial charge in [0, 0.05) is 16.1 Å². The fourth-order valence-corrected chi connectivity index (χ4v) is 5.68. The molecule has 2 aromatic carbocycles. The van der Waals surface area contributed by atoms with Crippen molar-refractivity contribution in [3.8, 4) is 9.88 Å². The molecule has 0 aliphatic heterocycles. The first-order valence-electron chi connectivity index (χ1n) is 10.1. The maximum Gasteiger partial charge on any atom is 0.224 e. The highest BCUT2D eigenvalue weighted by atomic mass is 35.5. The van der Waals surface area contributed by atoms with Crippen LogP contribution in [-0.4, -0.2) is 23.9 Å². The van der Waals surface area contributed by atoms with Crippen LogP contribution in [-0.2, 0) is 27.9 Å². The van der Waals surface area contributed by atoms with Gasteiger partial charge in [-0.1, -0.05) is 41.9 Å². The molecule has 1 amide bonds. The third kappa shape index (κ3) is 7.85. The molecule has 0 saturated carbocycles. The molecule has 0 unspecified atom stereocenters. The second-order valence-electron chi connectivity index (χ2n) is 7.44. The number of hydrogen-bond donors (Lipinski definition) is 3. The number of thiophene rings is 1. The second-order valence-corrected chi connectivity index (χ2v) is 10.8. The zero-order valence-electron chi connectivity index (χ0n) is 18.6. The molecule has 184 valence electrons. The molecule has 0 radical (unpaired) electrons. The summed E-state index contributed by atoms with van der Waals surface area (Å²) in [5.74, 6) is -0.173. The Morgan fingerprint density at radius 2 is 1.83 bits per heavy atom. The van der Waals surface area contributed by atoms with Gasteiger partial charge in [-0.05, 0) is 53.3 Å². The predicted molar refractivity (Wildman–Crippen MR) is 141 cm³/mol. The van der Waals surface area contributed by atoms with Crippen LogP contribution < -0.4 is 16.2 Å². The Kier molecular flexibility index (Phi) is 9.00. The molecule has 0 saturated heterocycles. The van der Waals surface area contributed by atoms with Gasteiger partial charge in [-0.15, -0.1) is 22.7 Å². The third-order valence-corrected chi connectivity index (χ3v) is 7.46. The van der Waals surface area contributed by atoms with Crippen molar-refractivity contribution in [1.82, 2.24) is 16.5 Å². The lowest BCUT2D eigenvalue weighted by Gasteiger charge is -2.18. The normalized spacial score (nSPS) is 11.9. The summed E-state index contributed by atoms with van der Waals surface area (Å²) in [7, 11) is -4.60. The Hall–Kier alpha value is -2.80. The number of quaternary nitrogens is 1. The highest BCUT2D eigenvalue weighted by molar-refractivity contribution is 7.87. The molecule has 4 rings (SSSR count). The van der Waals surface area contributed by atoms with E-state index < -0.39 is 16.3 Å². The maximum atomic E-state index is 12.9. The molecule has 0 fully saturated rings. The number of nitrogens with zero attached hydrogens (tertiary/aromatic N) is 1. The largest absolute Gasteiger partial charge is 0.731 e. The number of anilines is 1. The van der Waals surface area contributed by atoms with Crippen LogP contribution in [0, 0.1) is 0 Å². The first kappa shape index (κ1) is 26.8. The Balaban J connectivity index is 0.00000342. The van der Waals surface area contributed by atoms with Crippen LogP contribution in [0.4, 0.5) is 5.69 Å². The Morgan fingerprint density at radius 1 is 1.06 bits per heavy atom. The van der Waals surface area contributed by atoms with Crippen molar-refractivity contribution in [1.29, 1.82) is 0 Å². The van der Waals surface area contributed by atoms with Crippen LogP contribution in [0.25, 0.3) is 9.88 Å². The van der Waals surface area contributed by atoms with E-state index in [-0.39, 0.29) is 24.2 Å². The van der Waals surface area contributed by atoms with Gasteiger partial charge in [-0.3, -0.25) is 9.52 Å². The van der Waals surface area contributed by atoms with Crippen molar-refractivity contribution in [2.75, 3.05) is 4.72 Å². The standard InChI is InChI=1S/C23H20ClN3O4S3.H3N/c24-17-4-1-3-16(11-17)13-22(28)25-19(20-14-33-23(26-20)21-5-2-10-32-21)12-15-6-8-18(9-7-15)27-34(29,30)31;/h1-11,14,19,27H,12-13H2,(H,25,28)(H,29,30,31);1H3/t19-;/m0./s1. The van der Waals surface area contributed by atoms with Gasteiger partial charge in [0.1, 0.15) is 5.01 Å². The molecular weight excluding hydrogens is 528 g/mol. The van der Waals surface area contributed by atoms with E-state index in [0.717, 1.165) is 26.7 Å². The summed E-state index contributed by atoms with van der Waals surface area (Å²) in [6.07, 6.45) is 0.600. The lowest BCUT2D eigenvalue weighted by Crippen LogP contribution is -2.31. The lowest BCUT2D eigenvalue weighted by molar-refractivity contribution is -0.121. The Morgan fingerprint density at radius 3 is 2.49 bits per heavy atom. The molecule has 4 aromatic rings. The summed E-state index contributed by atoms with van der Waals surface area (Å²) < 4.78 is 34.6. The minimum atomic E-state index is -4.60. The minimum Gasteiger partial charge on any atom is -0.731 e. The number of nitrogens with one attached hydrogen (secondary N) is 2. The summed E-state index contributed by atoms with van der Waals surface area (Å²) >= 11 is 9.14. The van der Waals surface area contributed by atoms with Gasteiger partial charge in [-0.2, -0.15) is 0 Å². The fourth-order valence-electron chi connectivity index (χ4n) is 3.36. The summed E-state index contributed by atoms with van der Waals surface area (Å²) in [4.78, 5) is 18.7. The smallest absolute Gasteiger partial charge is 0.224 e. The highest BCUT2D eigenvalue weighted by Crippen LogP contribution is 2.31. The van der Waals surface area contributed by atoms with Gasteiger partial charge >= 0.3 is 0 Å². The number of hydrogen-bond acceptors (Lipinski definition) is 7. The average Bonchev–Trinajstić information content (AvgIpc) is 3.46. The van der Waals surface area contributed by atoms with Gasteiger partial charge in [0.25, 0.3) is 0 Å². The van der Waals surface area contributed by atoms with E-state index in [4.69, 9.17) is 16.6 Å². The molecule has 12 heteroatoms. The quantitative estimate of drug-likeness (QED) is 0.238. The summed E-state index contributed by atoms with van der Waals surface area (Å²) in [6.45, 7) is 0. The molecule has 2 heterocycles. The van der Waals surface area contributed by atoms with Crippen LogP contribution in [0.5, 0.6) is 0 Å². The van der Waals surface area contributed by atoms with Crippen LogP contribution >= 0.6 is 34.3 Å². The van der Waals surface area contributed by atoms with Crippen molar-refractivity contribution >= 4 is 56.2 Å². The molecule has 0 bridgehead atoms. The van der Waals surface area contributed by atoms with E-state index in [2.05, 4.69) is 5.32 Å². The van der Waals surface area contributed by atoms with Crippen molar-refractivity contribution in [3.05, 3.63) is 93.3 Å². The van der Waals surface area contributed by atoms with Crippen molar-refractivity contribution in [2.45, 2.75) is 18.9 Å². The number of carbonyl (C=O) groups is 1. The molecule has 1 atom stereocenters. The molecule has 0 aliphatic carbocycles. The highest BCUT2D eigenvalue weighted by Gasteiger charge is 2.20. The zero-order valence-corrected chi connectivity index (χ0v) is 21.8. The second kappa shape index (κ2) is 11.8. The SMILES string of the molecule is O=C(Cc1cccc(Cl)c1)N[C@@H](Cc1ccc(NS(=O)(=O)[O-])cc1)c1csc(-c2cccs2)n1.[NH4+]. The molecule has 2 aromatic heterocycles. The average molecular weight is 551 g/mol. The molecule has 8 nitrogen and oxygen atoms in total. The molecule has 35 heavy (non-hydrogen) atoms. The van der Waals surface area contributed by atoms with Crippen LogP contribution in [0.1, 0.15) is 22.9 Å². The first-order chi connectivity index (χ1) is 16.2. The number of aromatic nitrogens is 1. The van der Waals surface area contributed by atoms with Crippen molar-refractivity contribution in [3.63, 3.8) is 0 Å². The maximum absolute atomic E-state index is 12.9. The fraction of sp³-hybridized carbons (Fsp3) is 0.130. The molecular formula is C23H23ClN4O4S3. The topological polar surface area (TPSA) is 148 Å². The number of thiazole rings is 1. The van der Waals surface area contributed by atoms with Crippen molar-refractivity contribution in [2.24, 2.45) is 0 Å². The summed E-state index contributed by atoms with van der Waals surface area (Å²) in [5.41, 5.74) is 2.55. The number of benzene rings is 2. The zero-order chi connectivity index (χ0) is 24.1. The molecule has 6 N–H and O–H groups in total. The number of halogens is 1. The van der Waals surface area contributed by atoms with Gasteiger partial charge < -0.3 is 16.0 Å². The minimum absolute atomic E-state index is 0. The van der Waals surface area contributed by atoms with Crippen LogP contribution in [0.2, 0.25) is 5.02 Å². The first-order valence-corrected chi connectivity index (χ1v) is 13.7.